The molecule has 0 aromatic heterocycles. The minimum atomic E-state index is -0.784. The van der Waals surface area contributed by atoms with Crippen molar-refractivity contribution < 1.29 is 19.1 Å². The van der Waals surface area contributed by atoms with E-state index in [9.17, 15) is 14.4 Å². The third kappa shape index (κ3) is 5.20. The highest BCUT2D eigenvalue weighted by Crippen LogP contribution is 2.28. The van der Waals surface area contributed by atoms with E-state index in [1.54, 1.807) is 17.0 Å². The lowest BCUT2D eigenvalue weighted by molar-refractivity contribution is -0.138. The van der Waals surface area contributed by atoms with Crippen molar-refractivity contribution >= 4 is 33.5 Å². The van der Waals surface area contributed by atoms with E-state index in [0.29, 0.717) is 24.9 Å². The fourth-order valence-electron chi connectivity index (χ4n) is 4.46. The Morgan fingerprint density at radius 2 is 1.79 bits per heavy atom. The summed E-state index contributed by atoms with van der Waals surface area (Å²) in [6.45, 7) is 6.85. The van der Waals surface area contributed by atoms with Crippen molar-refractivity contribution in [2.24, 2.45) is 0 Å². The van der Waals surface area contributed by atoms with E-state index < -0.39 is 12.1 Å². The van der Waals surface area contributed by atoms with Gasteiger partial charge in [-0.15, -0.1) is 0 Å². The number of ether oxygens (including phenoxy) is 1. The number of nitrogens with one attached hydrogen (secondary N) is 1. The SMILES string of the molecule is CC(C)(C)c1ccc(C(=O)NC(Cc2ccc(Br)cc2)C(=O)N2CCC3OCC(=O)C32)cc1. The smallest absolute Gasteiger partial charge is 0.251 e. The summed E-state index contributed by atoms with van der Waals surface area (Å²) in [5, 5.41) is 2.93. The summed E-state index contributed by atoms with van der Waals surface area (Å²) >= 11 is 3.43. The molecule has 2 fully saturated rings. The third-order valence-corrected chi connectivity index (χ3v) is 6.89. The second-order valence-corrected chi connectivity index (χ2v) is 10.7. The van der Waals surface area contributed by atoms with Gasteiger partial charge in [0, 0.05) is 23.0 Å². The van der Waals surface area contributed by atoms with Crippen LogP contribution >= 0.6 is 15.9 Å². The number of ketones is 1. The number of halogens is 1. The number of hydrogen-bond donors (Lipinski definition) is 1. The molecule has 7 heteroatoms. The van der Waals surface area contributed by atoms with Gasteiger partial charge in [-0.05, 0) is 47.2 Å². The highest BCUT2D eigenvalue weighted by molar-refractivity contribution is 9.10. The molecule has 2 aromatic carbocycles. The first kappa shape index (κ1) is 23.6. The van der Waals surface area contributed by atoms with Gasteiger partial charge in [0.15, 0.2) is 5.78 Å². The minimum Gasteiger partial charge on any atom is -0.368 e. The molecule has 0 aliphatic carbocycles. The standard InChI is InChI=1S/C26H29BrN2O4/c1-26(2,3)18-8-6-17(7-9-18)24(31)28-20(14-16-4-10-19(27)11-5-16)25(32)29-13-12-22-23(29)21(30)15-33-22/h4-11,20,22-23H,12-15H2,1-3H3,(H,28,31). The zero-order chi connectivity index (χ0) is 23.8. The molecule has 174 valence electrons. The van der Waals surface area contributed by atoms with Gasteiger partial charge in [0.2, 0.25) is 5.91 Å². The van der Waals surface area contributed by atoms with Crippen LogP contribution in [0.25, 0.3) is 0 Å². The molecular formula is C26H29BrN2O4. The Bertz CT molecular complexity index is 1040. The Morgan fingerprint density at radius 1 is 1.12 bits per heavy atom. The van der Waals surface area contributed by atoms with E-state index in [0.717, 1.165) is 15.6 Å². The fourth-order valence-corrected chi connectivity index (χ4v) is 4.73. The zero-order valence-corrected chi connectivity index (χ0v) is 20.7. The Morgan fingerprint density at radius 3 is 2.42 bits per heavy atom. The van der Waals surface area contributed by atoms with Crippen molar-refractivity contribution in [2.45, 2.75) is 57.2 Å². The molecule has 1 N–H and O–H groups in total. The molecule has 3 atom stereocenters. The lowest BCUT2D eigenvalue weighted by Gasteiger charge is -2.28. The van der Waals surface area contributed by atoms with Gasteiger partial charge in [0.25, 0.3) is 5.91 Å². The summed E-state index contributed by atoms with van der Waals surface area (Å²) in [4.78, 5) is 40.6. The predicted octanol–water partition coefficient (Wildman–Crippen LogP) is 3.66. The van der Waals surface area contributed by atoms with Crippen LogP contribution in [0.5, 0.6) is 0 Å². The Labute approximate surface area is 202 Å². The number of carbonyl (C=O) groups excluding carboxylic acids is 3. The largest absolute Gasteiger partial charge is 0.368 e. The number of benzene rings is 2. The van der Waals surface area contributed by atoms with Gasteiger partial charge in [-0.1, -0.05) is 61.0 Å². The maximum absolute atomic E-state index is 13.6. The number of Topliss-reactive ketones (excluding diaryl/α,β-unsaturated/α-hetero) is 1. The van der Waals surface area contributed by atoms with Gasteiger partial charge >= 0.3 is 0 Å². The average Bonchev–Trinajstić information content (AvgIpc) is 3.37. The molecule has 6 nitrogen and oxygen atoms in total. The maximum Gasteiger partial charge on any atom is 0.251 e. The summed E-state index contributed by atoms with van der Waals surface area (Å²) < 4.78 is 6.47. The van der Waals surface area contributed by atoms with E-state index in [4.69, 9.17) is 4.74 Å². The van der Waals surface area contributed by atoms with Crippen LogP contribution in [0.15, 0.2) is 53.0 Å². The topological polar surface area (TPSA) is 75.7 Å². The van der Waals surface area contributed by atoms with Crippen molar-refractivity contribution in [3.63, 3.8) is 0 Å². The molecule has 2 saturated heterocycles. The molecule has 3 unspecified atom stereocenters. The molecule has 2 heterocycles. The molecule has 2 aromatic rings. The molecule has 0 bridgehead atoms. The highest BCUT2D eigenvalue weighted by Gasteiger charge is 2.48. The number of hydrogen-bond acceptors (Lipinski definition) is 4. The van der Waals surface area contributed by atoms with Gasteiger partial charge < -0.3 is 15.0 Å². The summed E-state index contributed by atoms with van der Waals surface area (Å²) in [7, 11) is 0. The second-order valence-electron chi connectivity index (χ2n) is 9.76. The fraction of sp³-hybridized carbons (Fsp3) is 0.423. The van der Waals surface area contributed by atoms with Gasteiger partial charge in [-0.2, -0.15) is 0 Å². The van der Waals surface area contributed by atoms with Crippen molar-refractivity contribution in [1.82, 2.24) is 10.2 Å². The van der Waals surface area contributed by atoms with Crippen molar-refractivity contribution in [1.29, 1.82) is 0 Å². The first-order valence-electron chi connectivity index (χ1n) is 11.2. The normalized spacial score (nSPS) is 21.1. The van der Waals surface area contributed by atoms with Crippen molar-refractivity contribution in [3.8, 4) is 0 Å². The van der Waals surface area contributed by atoms with Crippen LogP contribution in [0.3, 0.4) is 0 Å². The molecular weight excluding hydrogens is 484 g/mol. The van der Waals surface area contributed by atoms with E-state index in [1.807, 2.05) is 36.4 Å². The maximum atomic E-state index is 13.6. The predicted molar refractivity (Wildman–Crippen MR) is 129 cm³/mol. The number of rotatable bonds is 5. The molecule has 2 aliphatic rings. The highest BCUT2D eigenvalue weighted by atomic mass is 79.9. The quantitative estimate of drug-likeness (QED) is 0.663. The Balaban J connectivity index is 1.56. The summed E-state index contributed by atoms with van der Waals surface area (Å²) in [5.41, 5.74) is 2.53. The Kier molecular flexibility index (Phi) is 6.73. The molecule has 0 spiro atoms. The van der Waals surface area contributed by atoms with Crippen LogP contribution in [0.1, 0.15) is 48.7 Å². The van der Waals surface area contributed by atoms with Crippen molar-refractivity contribution in [2.75, 3.05) is 13.2 Å². The number of nitrogens with zero attached hydrogens (tertiary/aromatic N) is 1. The number of likely N-dealkylation sites (tertiary alicyclic amines) is 1. The van der Waals surface area contributed by atoms with Gasteiger partial charge in [0.05, 0.1) is 6.10 Å². The van der Waals surface area contributed by atoms with Crippen LogP contribution < -0.4 is 5.32 Å². The average molecular weight is 513 g/mol. The van der Waals surface area contributed by atoms with Crippen LogP contribution in [0.4, 0.5) is 0 Å². The van der Waals surface area contributed by atoms with E-state index in [1.165, 1.54) is 0 Å². The van der Waals surface area contributed by atoms with E-state index in [-0.39, 0.29) is 35.7 Å². The van der Waals surface area contributed by atoms with E-state index in [2.05, 4.69) is 42.0 Å². The van der Waals surface area contributed by atoms with Gasteiger partial charge in [-0.3, -0.25) is 14.4 Å². The summed E-state index contributed by atoms with van der Waals surface area (Å²) in [6.07, 6.45) is 0.728. The van der Waals surface area contributed by atoms with Crippen LogP contribution in [-0.4, -0.2) is 53.8 Å². The second kappa shape index (κ2) is 9.39. The van der Waals surface area contributed by atoms with Crippen molar-refractivity contribution in [3.05, 3.63) is 69.7 Å². The Hall–Kier alpha value is -2.51. The number of amides is 2. The number of carbonyl (C=O) groups is 3. The monoisotopic (exact) mass is 512 g/mol. The van der Waals surface area contributed by atoms with Crippen LogP contribution in [0.2, 0.25) is 0 Å². The molecule has 4 rings (SSSR count). The molecule has 33 heavy (non-hydrogen) atoms. The molecule has 2 aliphatic heterocycles. The minimum absolute atomic E-state index is 0.0166. The first-order valence-corrected chi connectivity index (χ1v) is 12.0. The van der Waals surface area contributed by atoms with Gasteiger partial charge in [-0.25, -0.2) is 0 Å². The lowest BCUT2D eigenvalue weighted by Crippen LogP contribution is -2.53. The molecule has 0 radical (unpaired) electrons. The lowest BCUT2D eigenvalue weighted by atomic mass is 9.86. The first-order chi connectivity index (χ1) is 15.6. The summed E-state index contributed by atoms with van der Waals surface area (Å²) in [5.74, 6) is -0.628. The zero-order valence-electron chi connectivity index (χ0n) is 19.1. The van der Waals surface area contributed by atoms with Crippen LogP contribution in [-0.2, 0) is 26.2 Å². The number of fused-ring (bicyclic) bond motifs is 1. The molecule has 2 amide bonds. The molecule has 0 saturated carbocycles. The third-order valence-electron chi connectivity index (χ3n) is 6.36. The van der Waals surface area contributed by atoms with Crippen LogP contribution in [0, 0.1) is 0 Å². The van der Waals surface area contributed by atoms with E-state index >= 15 is 0 Å². The summed E-state index contributed by atoms with van der Waals surface area (Å²) in [6, 6.07) is 13.8. The van der Waals surface area contributed by atoms with Gasteiger partial charge in [0.1, 0.15) is 18.7 Å².